The summed E-state index contributed by atoms with van der Waals surface area (Å²) in [6.45, 7) is 0. The minimum absolute atomic E-state index is 0.359. The molecule has 2 saturated carbocycles. The Morgan fingerprint density at radius 2 is 2.00 bits per heavy atom. The summed E-state index contributed by atoms with van der Waals surface area (Å²) in [5.41, 5.74) is 1.24. The van der Waals surface area contributed by atoms with Gasteiger partial charge in [0.1, 0.15) is 16.0 Å². The van der Waals surface area contributed by atoms with Crippen LogP contribution in [0.3, 0.4) is 0 Å². The number of hydrogen-bond acceptors (Lipinski definition) is 3. The second kappa shape index (κ2) is 6.17. The zero-order valence-corrected chi connectivity index (χ0v) is 14.6. The molecule has 2 fully saturated rings. The lowest BCUT2D eigenvalue weighted by Gasteiger charge is -2.32. The Hall–Kier alpha value is -0.740. The number of benzene rings is 1. The quantitative estimate of drug-likeness (QED) is 0.861. The monoisotopic (exact) mass is 353 g/mol. The zero-order chi connectivity index (χ0) is 15.0. The summed E-state index contributed by atoms with van der Waals surface area (Å²) in [5, 5.41) is 3.54. The van der Waals surface area contributed by atoms with Gasteiger partial charge in [0.25, 0.3) is 0 Å². The lowest BCUT2D eigenvalue weighted by molar-refractivity contribution is 0.254. The second-order valence-corrected chi connectivity index (χ2v) is 7.10. The molecule has 1 aromatic carbocycles. The molecule has 3 nitrogen and oxygen atoms in total. The fraction of sp³-hybridized carbons (Fsp3) is 0.647. The highest BCUT2D eigenvalue weighted by atomic mass is 79.9. The van der Waals surface area contributed by atoms with E-state index in [0.29, 0.717) is 6.04 Å². The van der Waals surface area contributed by atoms with Gasteiger partial charge in [-0.25, -0.2) is 0 Å². The van der Waals surface area contributed by atoms with Crippen LogP contribution in [0.5, 0.6) is 11.5 Å². The van der Waals surface area contributed by atoms with E-state index in [-0.39, 0.29) is 0 Å². The summed E-state index contributed by atoms with van der Waals surface area (Å²) in [7, 11) is 5.48. The van der Waals surface area contributed by atoms with Gasteiger partial charge in [-0.2, -0.15) is 0 Å². The van der Waals surface area contributed by atoms with Crippen LogP contribution in [0.1, 0.15) is 37.3 Å². The van der Waals surface area contributed by atoms with Gasteiger partial charge >= 0.3 is 0 Å². The van der Waals surface area contributed by atoms with Gasteiger partial charge in [-0.3, -0.25) is 0 Å². The first-order chi connectivity index (χ1) is 10.2. The molecule has 4 heteroatoms. The SMILES string of the molecule is CNC(c1ccc(OC)c(Br)c1OC)C1CC2CCC1C2. The molecule has 21 heavy (non-hydrogen) atoms. The van der Waals surface area contributed by atoms with Crippen LogP contribution in [0.15, 0.2) is 16.6 Å². The summed E-state index contributed by atoms with van der Waals surface area (Å²) in [6.07, 6.45) is 5.60. The molecule has 0 amide bonds. The zero-order valence-electron chi connectivity index (χ0n) is 13.0. The molecule has 4 atom stereocenters. The number of hydrogen-bond donors (Lipinski definition) is 1. The maximum atomic E-state index is 5.67. The number of rotatable bonds is 5. The van der Waals surface area contributed by atoms with Crippen molar-refractivity contribution in [1.29, 1.82) is 0 Å². The van der Waals surface area contributed by atoms with E-state index in [1.165, 1.54) is 31.2 Å². The first-order valence-electron chi connectivity index (χ1n) is 7.77. The van der Waals surface area contributed by atoms with Gasteiger partial charge in [-0.1, -0.05) is 6.42 Å². The number of fused-ring (bicyclic) bond motifs is 2. The van der Waals surface area contributed by atoms with Crippen molar-refractivity contribution in [3.63, 3.8) is 0 Å². The van der Waals surface area contributed by atoms with Crippen LogP contribution in [0.25, 0.3) is 0 Å². The molecule has 0 heterocycles. The normalized spacial score (nSPS) is 28.7. The highest BCUT2D eigenvalue weighted by molar-refractivity contribution is 9.10. The fourth-order valence-corrected chi connectivity index (χ4v) is 5.15. The highest BCUT2D eigenvalue weighted by Crippen LogP contribution is 2.54. The van der Waals surface area contributed by atoms with Crippen LogP contribution in [0.2, 0.25) is 0 Å². The Balaban J connectivity index is 1.95. The Kier molecular flexibility index (Phi) is 4.46. The summed E-state index contributed by atoms with van der Waals surface area (Å²) >= 11 is 3.62. The van der Waals surface area contributed by atoms with E-state index in [0.717, 1.165) is 33.7 Å². The number of methoxy groups -OCH3 is 2. The lowest BCUT2D eigenvalue weighted by Crippen LogP contribution is -2.29. The van der Waals surface area contributed by atoms with Gasteiger partial charge in [0.15, 0.2) is 0 Å². The Morgan fingerprint density at radius 1 is 1.19 bits per heavy atom. The van der Waals surface area contributed by atoms with Crippen LogP contribution in [-0.4, -0.2) is 21.3 Å². The highest BCUT2D eigenvalue weighted by Gasteiger charge is 2.43. The smallest absolute Gasteiger partial charge is 0.141 e. The van der Waals surface area contributed by atoms with Gasteiger partial charge in [0.05, 0.1) is 14.2 Å². The first-order valence-corrected chi connectivity index (χ1v) is 8.56. The maximum Gasteiger partial charge on any atom is 0.141 e. The molecule has 2 aliphatic carbocycles. The lowest BCUT2D eigenvalue weighted by atomic mass is 9.80. The van der Waals surface area contributed by atoms with Crippen molar-refractivity contribution >= 4 is 15.9 Å². The molecule has 1 aromatic rings. The maximum absolute atomic E-state index is 5.67. The van der Waals surface area contributed by atoms with Gasteiger partial charge in [0.2, 0.25) is 0 Å². The van der Waals surface area contributed by atoms with Gasteiger partial charge < -0.3 is 14.8 Å². The minimum Gasteiger partial charge on any atom is -0.495 e. The number of ether oxygens (including phenoxy) is 2. The summed E-state index contributed by atoms with van der Waals surface area (Å²) in [5.74, 6) is 4.26. The van der Waals surface area contributed by atoms with Gasteiger partial charge in [0, 0.05) is 11.6 Å². The minimum atomic E-state index is 0.359. The molecule has 2 bridgehead atoms. The van der Waals surface area contributed by atoms with Crippen molar-refractivity contribution in [3.05, 3.63) is 22.2 Å². The van der Waals surface area contributed by atoms with E-state index in [9.17, 15) is 0 Å². The molecule has 116 valence electrons. The van der Waals surface area contributed by atoms with Crippen molar-refractivity contribution in [2.45, 2.75) is 31.7 Å². The predicted molar refractivity (Wildman–Crippen MR) is 88.0 cm³/mol. The second-order valence-electron chi connectivity index (χ2n) is 6.31. The molecule has 1 N–H and O–H groups in total. The van der Waals surface area contributed by atoms with E-state index in [1.807, 2.05) is 6.07 Å². The molecule has 0 aromatic heterocycles. The Morgan fingerprint density at radius 3 is 2.52 bits per heavy atom. The molecule has 0 aliphatic heterocycles. The third-order valence-corrected chi connectivity index (χ3v) is 6.13. The van der Waals surface area contributed by atoms with E-state index in [2.05, 4.69) is 34.4 Å². The molecular weight excluding hydrogens is 330 g/mol. The average Bonchev–Trinajstić information content (AvgIpc) is 3.11. The van der Waals surface area contributed by atoms with Crippen molar-refractivity contribution < 1.29 is 9.47 Å². The van der Waals surface area contributed by atoms with Crippen LogP contribution in [0, 0.1) is 17.8 Å². The van der Waals surface area contributed by atoms with Crippen molar-refractivity contribution in [3.8, 4) is 11.5 Å². The third kappa shape index (κ3) is 2.57. The van der Waals surface area contributed by atoms with Crippen LogP contribution in [0.4, 0.5) is 0 Å². The first kappa shape index (κ1) is 15.2. The van der Waals surface area contributed by atoms with Crippen LogP contribution >= 0.6 is 15.9 Å². The van der Waals surface area contributed by atoms with Crippen LogP contribution < -0.4 is 14.8 Å². The average molecular weight is 354 g/mol. The molecular formula is C17H24BrNO2. The molecule has 2 aliphatic rings. The number of nitrogens with one attached hydrogen (secondary N) is 1. The summed E-state index contributed by atoms with van der Waals surface area (Å²) < 4.78 is 12.0. The largest absolute Gasteiger partial charge is 0.495 e. The standard InChI is InChI=1S/C17H24BrNO2/c1-19-16(13-9-10-4-5-11(13)8-10)12-6-7-14(20-2)15(18)17(12)21-3/h6-7,10-11,13,16,19H,4-5,8-9H2,1-3H3. The molecule has 3 rings (SSSR count). The topological polar surface area (TPSA) is 30.5 Å². The fourth-order valence-electron chi connectivity index (χ4n) is 4.47. The van der Waals surface area contributed by atoms with E-state index in [4.69, 9.17) is 9.47 Å². The van der Waals surface area contributed by atoms with Crippen molar-refractivity contribution in [2.24, 2.45) is 17.8 Å². The van der Waals surface area contributed by atoms with E-state index < -0.39 is 0 Å². The van der Waals surface area contributed by atoms with Crippen molar-refractivity contribution in [2.75, 3.05) is 21.3 Å². The van der Waals surface area contributed by atoms with E-state index in [1.54, 1.807) is 14.2 Å². The summed E-state index contributed by atoms with van der Waals surface area (Å²) in [6, 6.07) is 4.53. The number of halogens is 1. The Labute approximate surface area is 135 Å². The predicted octanol–water partition coefficient (Wildman–Crippen LogP) is 4.16. The van der Waals surface area contributed by atoms with E-state index >= 15 is 0 Å². The summed E-state index contributed by atoms with van der Waals surface area (Å²) in [4.78, 5) is 0. The molecule has 0 saturated heterocycles. The van der Waals surface area contributed by atoms with Gasteiger partial charge in [-0.05, 0) is 72.1 Å². The Bertz CT molecular complexity index is 520. The molecule has 0 spiro atoms. The third-order valence-electron chi connectivity index (χ3n) is 5.38. The van der Waals surface area contributed by atoms with Gasteiger partial charge in [-0.15, -0.1) is 0 Å². The molecule has 0 radical (unpaired) electrons. The van der Waals surface area contributed by atoms with Crippen LogP contribution in [-0.2, 0) is 0 Å². The molecule has 4 unspecified atom stereocenters. The van der Waals surface area contributed by atoms with Crippen molar-refractivity contribution in [1.82, 2.24) is 5.32 Å².